The molecule has 6 heteroatoms. The Hall–Kier alpha value is -3.12. The molecule has 0 aliphatic carbocycles. The van der Waals surface area contributed by atoms with Gasteiger partial charge in [0.15, 0.2) is 0 Å². The molecule has 0 saturated carbocycles. The molecule has 182 valence electrons. The third kappa shape index (κ3) is 6.95. The zero-order chi connectivity index (χ0) is 24.6. The Bertz CT molecular complexity index is 1280. The number of amides is 1. The fourth-order valence-electron chi connectivity index (χ4n) is 4.32. The molecule has 0 fully saturated rings. The summed E-state index contributed by atoms with van der Waals surface area (Å²) in [4.78, 5) is 17.3. The number of benzene rings is 3. The Labute approximate surface area is 215 Å². The predicted molar refractivity (Wildman–Crippen MR) is 145 cm³/mol. The van der Waals surface area contributed by atoms with Gasteiger partial charge in [-0.2, -0.15) is 0 Å². The summed E-state index contributed by atoms with van der Waals surface area (Å²) in [7, 11) is 0. The lowest BCUT2D eigenvalue weighted by atomic mass is 10.1. The number of unbranched alkanes of at least 4 members (excludes halogenated alkanes) is 1. The highest BCUT2D eigenvalue weighted by atomic mass is 79.9. The van der Waals surface area contributed by atoms with E-state index in [1.165, 1.54) is 11.1 Å². The zero-order valence-corrected chi connectivity index (χ0v) is 22.0. The summed E-state index contributed by atoms with van der Waals surface area (Å²) in [5, 5.41) is 3.02. The molecule has 0 unspecified atom stereocenters. The summed E-state index contributed by atoms with van der Waals surface area (Å²) in [5.41, 5.74) is 5.29. The Kier molecular flexibility index (Phi) is 8.59. The molecule has 0 aliphatic heterocycles. The lowest BCUT2D eigenvalue weighted by Gasteiger charge is -2.11. The molecule has 35 heavy (non-hydrogen) atoms. The molecular weight excluding hydrogens is 502 g/mol. The normalized spacial score (nSPS) is 11.1. The minimum Gasteiger partial charge on any atom is -0.494 e. The SMILES string of the molecule is Cc1cc(C)cc(OCCCCn2c(CCCNC(=O)c3cccc(Br)c3)nc3ccccc32)c1. The maximum absolute atomic E-state index is 12.4. The second-order valence-corrected chi connectivity index (χ2v) is 9.83. The number of nitrogens with one attached hydrogen (secondary N) is 1. The first kappa shape index (κ1) is 25.0. The maximum atomic E-state index is 12.4. The third-order valence-electron chi connectivity index (χ3n) is 5.92. The van der Waals surface area contributed by atoms with Crippen LogP contribution >= 0.6 is 15.9 Å². The van der Waals surface area contributed by atoms with Gasteiger partial charge in [-0.1, -0.05) is 40.2 Å². The van der Waals surface area contributed by atoms with Crippen molar-refractivity contribution in [1.82, 2.24) is 14.9 Å². The molecule has 0 aliphatic rings. The molecule has 5 nitrogen and oxygen atoms in total. The number of fused-ring (bicyclic) bond motifs is 1. The average Bonchev–Trinajstić information content (AvgIpc) is 3.18. The van der Waals surface area contributed by atoms with Gasteiger partial charge < -0.3 is 14.6 Å². The van der Waals surface area contributed by atoms with Crippen molar-refractivity contribution in [3.8, 4) is 5.75 Å². The molecule has 0 radical (unpaired) electrons. The van der Waals surface area contributed by atoms with Crippen molar-refractivity contribution in [3.05, 3.63) is 93.7 Å². The third-order valence-corrected chi connectivity index (χ3v) is 6.42. The monoisotopic (exact) mass is 533 g/mol. The Balaban J connectivity index is 1.29. The highest BCUT2D eigenvalue weighted by molar-refractivity contribution is 9.10. The van der Waals surface area contributed by atoms with Gasteiger partial charge >= 0.3 is 0 Å². The fraction of sp³-hybridized carbons (Fsp3) is 0.310. The van der Waals surface area contributed by atoms with Gasteiger partial charge in [0, 0.05) is 29.5 Å². The molecule has 4 rings (SSSR count). The molecule has 1 heterocycles. The highest BCUT2D eigenvalue weighted by Crippen LogP contribution is 2.19. The first-order chi connectivity index (χ1) is 17.0. The maximum Gasteiger partial charge on any atom is 0.251 e. The average molecular weight is 534 g/mol. The van der Waals surface area contributed by atoms with Gasteiger partial charge in [-0.15, -0.1) is 0 Å². The summed E-state index contributed by atoms with van der Waals surface area (Å²) < 4.78 is 9.21. The molecule has 0 spiro atoms. The number of halogens is 1. The number of hydrogen-bond acceptors (Lipinski definition) is 3. The first-order valence-corrected chi connectivity index (χ1v) is 13.0. The van der Waals surface area contributed by atoms with Crippen LogP contribution in [0.15, 0.2) is 71.2 Å². The number of ether oxygens (including phenoxy) is 1. The van der Waals surface area contributed by atoms with E-state index in [9.17, 15) is 4.79 Å². The molecule has 3 aromatic carbocycles. The van der Waals surface area contributed by atoms with Crippen LogP contribution in [0.4, 0.5) is 0 Å². The number of carbonyl (C=O) groups excluding carboxylic acids is 1. The van der Waals surface area contributed by atoms with E-state index >= 15 is 0 Å². The van der Waals surface area contributed by atoms with Gasteiger partial charge in [0.2, 0.25) is 0 Å². The quantitative estimate of drug-likeness (QED) is 0.220. The van der Waals surface area contributed by atoms with E-state index in [-0.39, 0.29) is 5.91 Å². The highest BCUT2D eigenvalue weighted by Gasteiger charge is 2.11. The summed E-state index contributed by atoms with van der Waals surface area (Å²) in [6.45, 7) is 6.40. The number of imidazole rings is 1. The topological polar surface area (TPSA) is 56.1 Å². The van der Waals surface area contributed by atoms with Crippen LogP contribution in [-0.2, 0) is 13.0 Å². The van der Waals surface area contributed by atoms with Crippen LogP contribution in [0, 0.1) is 13.8 Å². The molecule has 0 saturated heterocycles. The summed E-state index contributed by atoms with van der Waals surface area (Å²) in [6, 6.07) is 22.1. The lowest BCUT2D eigenvalue weighted by Crippen LogP contribution is -2.25. The number of aromatic nitrogens is 2. The minimum absolute atomic E-state index is 0.0522. The molecular formula is C29H32BrN3O2. The second-order valence-electron chi connectivity index (χ2n) is 8.92. The Morgan fingerprint density at radius 3 is 2.57 bits per heavy atom. The number of carbonyl (C=O) groups is 1. The van der Waals surface area contributed by atoms with E-state index in [1.54, 1.807) is 0 Å². The van der Waals surface area contributed by atoms with E-state index in [4.69, 9.17) is 9.72 Å². The van der Waals surface area contributed by atoms with Gasteiger partial charge in [0.25, 0.3) is 5.91 Å². The van der Waals surface area contributed by atoms with Gasteiger partial charge in [-0.25, -0.2) is 4.98 Å². The molecule has 1 aromatic heterocycles. The van der Waals surface area contributed by atoms with Gasteiger partial charge in [0.1, 0.15) is 11.6 Å². The molecule has 1 amide bonds. The van der Waals surface area contributed by atoms with E-state index in [2.05, 4.69) is 76.1 Å². The number of hydrogen-bond donors (Lipinski definition) is 1. The van der Waals surface area contributed by atoms with Gasteiger partial charge in [0.05, 0.1) is 17.6 Å². The second kappa shape index (κ2) is 12.0. The van der Waals surface area contributed by atoms with Crippen LogP contribution in [-0.4, -0.2) is 28.6 Å². The van der Waals surface area contributed by atoms with Crippen LogP contribution in [0.5, 0.6) is 5.75 Å². The molecule has 0 atom stereocenters. The van der Waals surface area contributed by atoms with Crippen LogP contribution in [0.3, 0.4) is 0 Å². The van der Waals surface area contributed by atoms with Crippen LogP contribution in [0.25, 0.3) is 11.0 Å². The van der Waals surface area contributed by atoms with Crippen molar-refractivity contribution >= 4 is 32.9 Å². The smallest absolute Gasteiger partial charge is 0.251 e. The first-order valence-electron chi connectivity index (χ1n) is 12.2. The van der Waals surface area contributed by atoms with Gasteiger partial charge in [-0.05, 0) is 86.7 Å². The van der Waals surface area contributed by atoms with Crippen molar-refractivity contribution in [1.29, 1.82) is 0 Å². The molecule has 4 aromatic rings. The fourth-order valence-corrected chi connectivity index (χ4v) is 4.72. The van der Waals surface area contributed by atoms with Gasteiger partial charge in [-0.3, -0.25) is 4.79 Å². The Morgan fingerprint density at radius 2 is 1.77 bits per heavy atom. The summed E-state index contributed by atoms with van der Waals surface area (Å²) >= 11 is 3.42. The van der Waals surface area contributed by atoms with Crippen LogP contribution in [0.1, 0.15) is 46.6 Å². The van der Waals surface area contributed by atoms with E-state index < -0.39 is 0 Å². The summed E-state index contributed by atoms with van der Waals surface area (Å²) in [5.74, 6) is 1.96. The van der Waals surface area contributed by atoms with Crippen molar-refractivity contribution in [2.75, 3.05) is 13.2 Å². The Morgan fingerprint density at radius 1 is 0.971 bits per heavy atom. The van der Waals surface area contributed by atoms with E-state index in [0.29, 0.717) is 18.7 Å². The minimum atomic E-state index is -0.0522. The number of para-hydroxylation sites is 2. The summed E-state index contributed by atoms with van der Waals surface area (Å²) in [6.07, 6.45) is 3.63. The number of aryl methyl sites for hydroxylation is 4. The van der Waals surface area contributed by atoms with Crippen molar-refractivity contribution < 1.29 is 9.53 Å². The van der Waals surface area contributed by atoms with Crippen LogP contribution < -0.4 is 10.1 Å². The van der Waals surface area contributed by atoms with Crippen molar-refractivity contribution in [2.45, 2.75) is 46.1 Å². The van der Waals surface area contributed by atoms with E-state index in [0.717, 1.165) is 59.3 Å². The van der Waals surface area contributed by atoms with Crippen LogP contribution in [0.2, 0.25) is 0 Å². The number of rotatable bonds is 11. The zero-order valence-electron chi connectivity index (χ0n) is 20.4. The molecule has 0 bridgehead atoms. The van der Waals surface area contributed by atoms with Crippen molar-refractivity contribution in [2.24, 2.45) is 0 Å². The van der Waals surface area contributed by atoms with Crippen molar-refractivity contribution in [3.63, 3.8) is 0 Å². The number of nitrogens with zero attached hydrogens (tertiary/aromatic N) is 2. The predicted octanol–water partition coefficient (Wildman–Crippen LogP) is 6.64. The standard InChI is InChI=1S/C29H32BrN3O2/c1-21-17-22(2)19-25(18-21)35-16-6-5-15-33-27-12-4-3-11-26(27)32-28(33)13-8-14-31-29(34)23-9-7-10-24(30)20-23/h3-4,7,9-12,17-20H,5-6,8,13-16H2,1-2H3,(H,31,34). The van der Waals surface area contributed by atoms with E-state index in [1.807, 2.05) is 30.3 Å². The largest absolute Gasteiger partial charge is 0.494 e. The molecule has 1 N–H and O–H groups in total. The lowest BCUT2D eigenvalue weighted by molar-refractivity contribution is 0.0953.